The fourth-order valence-corrected chi connectivity index (χ4v) is 3.75. The fraction of sp³-hybridized carbons (Fsp3) is 0.667. The van der Waals surface area contributed by atoms with E-state index < -0.39 is 0 Å². The minimum atomic E-state index is -0.376. The highest BCUT2D eigenvalue weighted by Crippen LogP contribution is 2.38. The standard InChI is InChI=1S/C21H32BNO3S/c1-18(2,3)19(4,5)24-13-14-12-16-17(27-14)15(10-11-23-16)22-25-20(6,7)21(8,9)26-22/h10-12H,13H2,1-9H3. The maximum atomic E-state index is 6.26. The summed E-state index contributed by atoms with van der Waals surface area (Å²) in [5.41, 5.74) is 1.16. The molecule has 0 saturated carbocycles. The van der Waals surface area contributed by atoms with E-state index in [9.17, 15) is 0 Å². The molecule has 0 amide bonds. The van der Waals surface area contributed by atoms with Crippen LogP contribution in [0.4, 0.5) is 0 Å². The summed E-state index contributed by atoms with van der Waals surface area (Å²) in [7, 11) is -0.376. The van der Waals surface area contributed by atoms with Gasteiger partial charge in [-0.2, -0.15) is 0 Å². The van der Waals surface area contributed by atoms with Crippen molar-refractivity contribution >= 4 is 34.1 Å². The van der Waals surface area contributed by atoms with Crippen molar-refractivity contribution in [3.05, 3.63) is 23.2 Å². The summed E-state index contributed by atoms with van der Waals surface area (Å²) in [5.74, 6) is 0. The number of fused-ring (bicyclic) bond motifs is 1. The van der Waals surface area contributed by atoms with Crippen molar-refractivity contribution < 1.29 is 14.0 Å². The number of rotatable bonds is 4. The zero-order valence-electron chi connectivity index (χ0n) is 18.1. The highest BCUT2D eigenvalue weighted by molar-refractivity contribution is 7.20. The summed E-state index contributed by atoms with van der Waals surface area (Å²) in [6, 6.07) is 4.12. The molecule has 3 heterocycles. The minimum absolute atomic E-state index is 0.0653. The number of pyridine rings is 1. The molecule has 0 aliphatic carbocycles. The molecule has 148 valence electrons. The van der Waals surface area contributed by atoms with E-state index in [1.807, 2.05) is 12.3 Å². The minimum Gasteiger partial charge on any atom is -0.399 e. The van der Waals surface area contributed by atoms with Crippen LogP contribution in [0.3, 0.4) is 0 Å². The largest absolute Gasteiger partial charge is 0.496 e. The van der Waals surface area contributed by atoms with Crippen molar-refractivity contribution in [1.29, 1.82) is 0 Å². The van der Waals surface area contributed by atoms with Crippen LogP contribution < -0.4 is 5.46 Å². The molecular formula is C21H32BNO3S. The van der Waals surface area contributed by atoms with Crippen LogP contribution in [-0.4, -0.2) is 28.9 Å². The van der Waals surface area contributed by atoms with Gasteiger partial charge >= 0.3 is 7.12 Å². The van der Waals surface area contributed by atoms with Gasteiger partial charge in [0.1, 0.15) is 0 Å². The number of nitrogens with zero attached hydrogens (tertiary/aromatic N) is 1. The van der Waals surface area contributed by atoms with E-state index >= 15 is 0 Å². The van der Waals surface area contributed by atoms with Gasteiger partial charge in [-0.1, -0.05) is 20.8 Å². The Morgan fingerprint density at radius 2 is 1.67 bits per heavy atom. The first kappa shape index (κ1) is 20.8. The van der Waals surface area contributed by atoms with Gasteiger partial charge in [-0.15, -0.1) is 11.3 Å². The highest BCUT2D eigenvalue weighted by atomic mass is 32.1. The summed E-state index contributed by atoms with van der Waals surface area (Å²) in [6.07, 6.45) is 1.83. The molecule has 1 aliphatic rings. The van der Waals surface area contributed by atoms with Gasteiger partial charge in [-0.25, -0.2) is 0 Å². The second kappa shape index (κ2) is 6.55. The number of hydrogen-bond donors (Lipinski definition) is 0. The number of ether oxygens (including phenoxy) is 1. The van der Waals surface area contributed by atoms with E-state index in [1.54, 1.807) is 11.3 Å². The van der Waals surface area contributed by atoms with Crippen LogP contribution in [0.15, 0.2) is 18.3 Å². The Hall–Kier alpha value is -0.945. The van der Waals surface area contributed by atoms with E-state index in [0.29, 0.717) is 6.61 Å². The Morgan fingerprint density at radius 3 is 2.22 bits per heavy atom. The first-order valence-corrected chi connectivity index (χ1v) is 10.4. The quantitative estimate of drug-likeness (QED) is 0.695. The zero-order chi connectivity index (χ0) is 20.3. The molecule has 0 atom stereocenters. The molecule has 0 aromatic carbocycles. The Kier molecular flexibility index (Phi) is 5.04. The lowest BCUT2D eigenvalue weighted by molar-refractivity contribution is -0.0988. The van der Waals surface area contributed by atoms with Gasteiger partial charge in [0.15, 0.2) is 0 Å². The molecule has 3 rings (SSSR count). The number of aromatic nitrogens is 1. The van der Waals surface area contributed by atoms with Gasteiger partial charge in [0.2, 0.25) is 0 Å². The second-order valence-corrected chi connectivity index (χ2v) is 11.1. The molecule has 6 heteroatoms. The monoisotopic (exact) mass is 389 g/mol. The Labute approximate surface area is 167 Å². The van der Waals surface area contributed by atoms with Gasteiger partial charge in [-0.3, -0.25) is 4.98 Å². The normalized spacial score (nSPS) is 19.8. The lowest BCUT2D eigenvalue weighted by Gasteiger charge is -2.38. The molecule has 4 nitrogen and oxygen atoms in total. The summed E-state index contributed by atoms with van der Waals surface area (Å²) in [5, 5.41) is 0. The smallest absolute Gasteiger partial charge is 0.399 e. The summed E-state index contributed by atoms with van der Waals surface area (Å²) >= 11 is 1.71. The predicted octanol–water partition coefficient (Wildman–Crippen LogP) is 4.94. The highest BCUT2D eigenvalue weighted by Gasteiger charge is 2.52. The maximum Gasteiger partial charge on any atom is 0.496 e. The molecule has 2 aromatic heterocycles. The SMILES string of the molecule is CC(C)(C)C(C)(C)OCc1cc2nccc(B3OC(C)(C)C(C)(C)O3)c2s1. The van der Waals surface area contributed by atoms with Crippen molar-refractivity contribution in [2.75, 3.05) is 0 Å². The first-order chi connectivity index (χ1) is 12.2. The van der Waals surface area contributed by atoms with Crippen LogP contribution in [0, 0.1) is 5.41 Å². The average Bonchev–Trinajstić information content (AvgIpc) is 3.02. The number of thiophene rings is 1. The molecule has 0 N–H and O–H groups in total. The zero-order valence-corrected chi connectivity index (χ0v) is 18.9. The van der Waals surface area contributed by atoms with Crippen LogP contribution in [0.25, 0.3) is 10.2 Å². The Balaban J connectivity index is 1.86. The Bertz CT molecular complexity index is 820. The third-order valence-electron chi connectivity index (χ3n) is 6.38. The van der Waals surface area contributed by atoms with Crippen molar-refractivity contribution in [2.45, 2.75) is 85.7 Å². The summed E-state index contributed by atoms with van der Waals surface area (Å²) in [4.78, 5) is 5.71. The van der Waals surface area contributed by atoms with Gasteiger partial charge in [0, 0.05) is 16.5 Å². The molecule has 1 saturated heterocycles. The van der Waals surface area contributed by atoms with Crippen LogP contribution in [0.5, 0.6) is 0 Å². The van der Waals surface area contributed by atoms with E-state index in [2.05, 4.69) is 73.4 Å². The molecule has 0 radical (unpaired) electrons. The van der Waals surface area contributed by atoms with Crippen molar-refractivity contribution in [1.82, 2.24) is 4.98 Å². The Morgan fingerprint density at radius 1 is 1.07 bits per heavy atom. The molecule has 1 fully saturated rings. The van der Waals surface area contributed by atoms with Crippen molar-refractivity contribution in [3.63, 3.8) is 0 Å². The van der Waals surface area contributed by atoms with Gasteiger partial charge < -0.3 is 14.0 Å². The van der Waals surface area contributed by atoms with E-state index in [4.69, 9.17) is 14.0 Å². The molecule has 1 aliphatic heterocycles. The maximum absolute atomic E-state index is 6.26. The number of hydrogen-bond acceptors (Lipinski definition) is 5. The fourth-order valence-electron chi connectivity index (χ4n) is 2.70. The molecule has 0 unspecified atom stereocenters. The summed E-state index contributed by atoms with van der Waals surface area (Å²) in [6.45, 7) is 19.8. The van der Waals surface area contributed by atoms with Crippen LogP contribution >= 0.6 is 11.3 Å². The molecule has 0 spiro atoms. The average molecular weight is 389 g/mol. The van der Waals surface area contributed by atoms with Crippen LogP contribution in [-0.2, 0) is 20.7 Å². The topological polar surface area (TPSA) is 40.6 Å². The van der Waals surface area contributed by atoms with Crippen LogP contribution in [0.1, 0.15) is 67.2 Å². The van der Waals surface area contributed by atoms with Crippen molar-refractivity contribution in [2.24, 2.45) is 5.41 Å². The van der Waals surface area contributed by atoms with Gasteiger partial charge in [0.05, 0.1) is 33.6 Å². The predicted molar refractivity (Wildman–Crippen MR) is 114 cm³/mol. The van der Waals surface area contributed by atoms with Crippen LogP contribution in [0.2, 0.25) is 0 Å². The lowest BCUT2D eigenvalue weighted by Crippen LogP contribution is -2.41. The van der Waals surface area contributed by atoms with E-state index in [0.717, 1.165) is 15.7 Å². The molecule has 0 bridgehead atoms. The van der Waals surface area contributed by atoms with Gasteiger partial charge in [0.25, 0.3) is 0 Å². The second-order valence-electron chi connectivity index (χ2n) is 9.96. The van der Waals surface area contributed by atoms with Crippen molar-refractivity contribution in [3.8, 4) is 0 Å². The molecule has 27 heavy (non-hydrogen) atoms. The van der Waals surface area contributed by atoms with E-state index in [1.165, 1.54) is 4.88 Å². The third-order valence-corrected chi connectivity index (χ3v) is 7.53. The molecular weight excluding hydrogens is 357 g/mol. The third kappa shape index (κ3) is 3.82. The first-order valence-electron chi connectivity index (χ1n) is 9.60. The van der Waals surface area contributed by atoms with Gasteiger partial charge in [-0.05, 0) is 59.1 Å². The summed E-state index contributed by atoms with van der Waals surface area (Å²) < 4.78 is 19.9. The van der Waals surface area contributed by atoms with E-state index in [-0.39, 0.29) is 29.3 Å². The lowest BCUT2D eigenvalue weighted by atomic mass is 9.79. The molecule has 2 aromatic rings.